The summed E-state index contributed by atoms with van der Waals surface area (Å²) in [4.78, 5) is 0. The first-order chi connectivity index (χ1) is 15.8. The predicted molar refractivity (Wildman–Crippen MR) is 136 cm³/mol. The van der Waals surface area contributed by atoms with Gasteiger partial charge in [0, 0.05) is 0 Å². The van der Waals surface area contributed by atoms with E-state index in [9.17, 15) is 0 Å². The Morgan fingerprint density at radius 1 is 0.485 bits per heavy atom. The Kier molecular flexibility index (Phi) is 11.6. The molecule has 0 atom stereocenters. The van der Waals surface area contributed by atoms with Gasteiger partial charge in [-0.05, 0) is 0 Å². The summed E-state index contributed by atoms with van der Waals surface area (Å²) >= 11 is -4.34. The normalized spacial score (nSPS) is 23.2. The molecule has 33 heavy (non-hydrogen) atoms. The minimum absolute atomic E-state index is 0.264. The monoisotopic (exact) mass is 560 g/mol. The molecule has 3 aliphatic rings. The predicted octanol–water partition coefficient (Wildman–Crippen LogP) is 9.04. The van der Waals surface area contributed by atoms with Crippen LogP contribution in [0.15, 0.2) is 0 Å². The van der Waals surface area contributed by atoms with Gasteiger partial charge in [-0.1, -0.05) is 0 Å². The average Bonchev–Trinajstić information content (AvgIpc) is 2.79. The van der Waals surface area contributed by atoms with Gasteiger partial charge >= 0.3 is 214 Å². The molecule has 0 spiro atoms. The van der Waals surface area contributed by atoms with Gasteiger partial charge in [-0.15, -0.1) is 0 Å². The van der Waals surface area contributed by atoms with Crippen LogP contribution in [0, 0.1) is 0 Å². The molecular weight excluding hydrogens is 508 g/mol. The van der Waals surface area contributed by atoms with Crippen LogP contribution < -0.4 is 0 Å². The second kappa shape index (κ2) is 13.5. The van der Waals surface area contributed by atoms with Gasteiger partial charge in [-0.3, -0.25) is 0 Å². The Morgan fingerprint density at radius 3 is 1.00 bits per heavy atom. The second-order valence-corrected chi connectivity index (χ2v) is 23.1. The molecule has 194 valence electrons. The van der Waals surface area contributed by atoms with E-state index >= 15 is 0 Å². The van der Waals surface area contributed by atoms with Crippen LogP contribution in [0.4, 0.5) is 0 Å². The summed E-state index contributed by atoms with van der Waals surface area (Å²) < 4.78 is 29.1. The Morgan fingerprint density at radius 2 is 0.758 bits per heavy atom. The first kappa shape index (κ1) is 28.5. The van der Waals surface area contributed by atoms with E-state index in [4.69, 9.17) is 10.9 Å². The van der Waals surface area contributed by atoms with Crippen molar-refractivity contribution in [1.29, 1.82) is 0 Å². The maximum absolute atomic E-state index is 7.60. The Bertz CT molecular complexity index is 480. The molecule has 4 nitrogen and oxygen atoms in total. The van der Waals surface area contributed by atoms with Crippen LogP contribution >= 0.6 is 0 Å². The van der Waals surface area contributed by atoms with E-state index < -0.39 is 30.3 Å². The first-order valence-electron chi connectivity index (χ1n) is 14.5. The average molecular weight is 562 g/mol. The third-order valence-corrected chi connectivity index (χ3v) is 23.7. The molecule has 6 heteroatoms. The fourth-order valence-corrected chi connectivity index (χ4v) is 26.8. The third kappa shape index (κ3) is 7.71. The third-order valence-electron chi connectivity index (χ3n) is 8.60. The Labute approximate surface area is 213 Å². The van der Waals surface area contributed by atoms with E-state index in [1.165, 1.54) is 57.8 Å². The van der Waals surface area contributed by atoms with Crippen molar-refractivity contribution in [3.63, 3.8) is 0 Å². The van der Waals surface area contributed by atoms with Crippen LogP contribution in [0.3, 0.4) is 0 Å². The molecule has 0 aliphatic heterocycles. The standard InChI is InChI=1S/C9H21OSi.3C6H11O.Zr/c1-7(2)11(10,8(3)4)9(5)6;3*7-6-4-2-1-3-5-6;/h7-9H,1-6H3;3*6H,1-5H2;/q4*-1;+4. The van der Waals surface area contributed by atoms with E-state index in [0.29, 0.717) is 16.6 Å². The van der Waals surface area contributed by atoms with Crippen molar-refractivity contribution >= 4 is 8.32 Å². The molecular formula is C27H54O4SiZr. The van der Waals surface area contributed by atoms with Gasteiger partial charge in [-0.25, -0.2) is 0 Å². The van der Waals surface area contributed by atoms with Crippen molar-refractivity contribution in [3.8, 4) is 0 Å². The molecule has 3 saturated carbocycles. The van der Waals surface area contributed by atoms with Crippen molar-refractivity contribution in [2.45, 2.75) is 173 Å². The zero-order valence-corrected chi connectivity index (χ0v) is 26.2. The van der Waals surface area contributed by atoms with Crippen molar-refractivity contribution in [2.24, 2.45) is 0 Å². The van der Waals surface area contributed by atoms with Gasteiger partial charge in [0.1, 0.15) is 0 Å². The quantitative estimate of drug-likeness (QED) is 0.236. The van der Waals surface area contributed by atoms with E-state index in [1.807, 2.05) is 0 Å². The van der Waals surface area contributed by atoms with E-state index in [1.54, 1.807) is 0 Å². The summed E-state index contributed by atoms with van der Waals surface area (Å²) in [5.74, 6) is 0. The number of hydrogen-bond donors (Lipinski definition) is 0. The maximum atomic E-state index is 7.60. The fraction of sp³-hybridized carbons (Fsp3) is 1.00. The molecule has 0 aromatic carbocycles. The zero-order chi connectivity index (χ0) is 23.9. The molecule has 0 radical (unpaired) electrons. The molecule has 0 amide bonds. The Balaban J connectivity index is 1.97. The van der Waals surface area contributed by atoms with Crippen LogP contribution in [-0.2, 0) is 33.0 Å². The summed E-state index contributed by atoms with van der Waals surface area (Å²) in [7, 11) is -2.20. The number of hydrogen-bond acceptors (Lipinski definition) is 4. The number of rotatable bonds is 11. The Hall–Kier alpha value is 0.940. The molecule has 0 unspecified atom stereocenters. The SMILES string of the molecule is CC(C)[Si]([O][Zr]([O]C1CCCCC1)([O]C1CCCCC1)[O]C1CCCCC1)(C(C)C)C(C)C. The molecule has 0 aromatic heterocycles. The molecule has 3 rings (SSSR count). The molecule has 3 aliphatic carbocycles. The van der Waals surface area contributed by atoms with E-state index in [2.05, 4.69) is 41.5 Å². The second-order valence-electron chi connectivity index (χ2n) is 12.1. The van der Waals surface area contributed by atoms with Crippen molar-refractivity contribution in [2.75, 3.05) is 0 Å². The van der Waals surface area contributed by atoms with E-state index in [-0.39, 0.29) is 18.3 Å². The molecule has 0 saturated heterocycles. The fourth-order valence-electron chi connectivity index (χ4n) is 6.89. The van der Waals surface area contributed by atoms with Gasteiger partial charge in [0.25, 0.3) is 0 Å². The summed E-state index contributed by atoms with van der Waals surface area (Å²) in [6.07, 6.45) is 19.2. The van der Waals surface area contributed by atoms with Crippen molar-refractivity contribution in [1.82, 2.24) is 0 Å². The molecule has 3 fully saturated rings. The molecule has 0 N–H and O–H groups in total. The van der Waals surface area contributed by atoms with Gasteiger partial charge in [0.05, 0.1) is 0 Å². The van der Waals surface area contributed by atoms with Crippen LogP contribution in [-0.4, -0.2) is 26.6 Å². The van der Waals surface area contributed by atoms with Gasteiger partial charge in [0.2, 0.25) is 0 Å². The van der Waals surface area contributed by atoms with Crippen LogP contribution in [0.1, 0.15) is 138 Å². The first-order valence-corrected chi connectivity index (χ1v) is 20.7. The summed E-state index contributed by atoms with van der Waals surface area (Å²) in [6, 6.07) is 0. The van der Waals surface area contributed by atoms with Crippen LogP contribution in [0.25, 0.3) is 0 Å². The van der Waals surface area contributed by atoms with Gasteiger partial charge in [0.15, 0.2) is 0 Å². The zero-order valence-electron chi connectivity index (χ0n) is 22.7. The van der Waals surface area contributed by atoms with E-state index in [0.717, 1.165) is 38.5 Å². The molecule has 0 bridgehead atoms. The summed E-state index contributed by atoms with van der Waals surface area (Å²) in [6.45, 7) is 14.3. The van der Waals surface area contributed by atoms with Crippen molar-refractivity contribution in [3.05, 3.63) is 0 Å². The van der Waals surface area contributed by atoms with Crippen LogP contribution in [0.5, 0.6) is 0 Å². The van der Waals surface area contributed by atoms with Crippen molar-refractivity contribution < 1.29 is 33.0 Å². The summed E-state index contributed by atoms with van der Waals surface area (Å²) in [5, 5.41) is 0. The minimum atomic E-state index is -4.34. The van der Waals surface area contributed by atoms with Crippen LogP contribution in [0.2, 0.25) is 16.6 Å². The topological polar surface area (TPSA) is 36.9 Å². The van der Waals surface area contributed by atoms with Gasteiger partial charge in [-0.2, -0.15) is 0 Å². The molecule has 0 heterocycles. The molecule has 0 aromatic rings. The van der Waals surface area contributed by atoms with Gasteiger partial charge < -0.3 is 0 Å². The summed E-state index contributed by atoms with van der Waals surface area (Å²) in [5.41, 5.74) is 1.52.